The zero-order chi connectivity index (χ0) is 20.1. The lowest BCUT2D eigenvalue weighted by Crippen LogP contribution is -2.32. The Balaban J connectivity index is 1.60. The number of halogens is 2. The van der Waals surface area contributed by atoms with Crippen LogP contribution in [0.1, 0.15) is 6.42 Å². The molecule has 2 aromatic rings. The van der Waals surface area contributed by atoms with Gasteiger partial charge in [0.2, 0.25) is 17.8 Å². The van der Waals surface area contributed by atoms with E-state index in [2.05, 4.69) is 25.9 Å². The third kappa shape index (κ3) is 5.04. The Morgan fingerprint density at radius 3 is 2.68 bits per heavy atom. The van der Waals surface area contributed by atoms with Crippen molar-refractivity contribution in [2.75, 3.05) is 10.6 Å². The Kier molecular flexibility index (Phi) is 5.85. The summed E-state index contributed by atoms with van der Waals surface area (Å²) < 4.78 is 13.2. The van der Waals surface area contributed by atoms with E-state index in [0.29, 0.717) is 5.69 Å². The van der Waals surface area contributed by atoms with Gasteiger partial charge in [0.05, 0.1) is 11.4 Å². The molecule has 8 nitrogen and oxygen atoms in total. The van der Waals surface area contributed by atoms with Crippen LogP contribution in [0.25, 0.3) is 0 Å². The van der Waals surface area contributed by atoms with Crippen molar-refractivity contribution in [1.29, 1.82) is 0 Å². The van der Waals surface area contributed by atoms with E-state index < -0.39 is 23.7 Å². The summed E-state index contributed by atoms with van der Waals surface area (Å²) in [6.45, 7) is 0. The van der Waals surface area contributed by atoms with Gasteiger partial charge in [-0.15, -0.1) is 0 Å². The van der Waals surface area contributed by atoms with Crippen molar-refractivity contribution in [2.45, 2.75) is 12.5 Å². The molecular formula is C18H16ClFN6O2. The van der Waals surface area contributed by atoms with Gasteiger partial charge in [0, 0.05) is 11.4 Å². The van der Waals surface area contributed by atoms with E-state index in [-0.39, 0.29) is 23.4 Å². The Bertz CT molecular complexity index is 964. The molecule has 0 bridgehead atoms. The van der Waals surface area contributed by atoms with Crippen molar-refractivity contribution in [3.05, 3.63) is 59.4 Å². The number of carbonyl (C=O) groups excluding carboxylic acids is 2. The van der Waals surface area contributed by atoms with Crippen LogP contribution in [-0.2, 0) is 9.59 Å². The Labute approximate surface area is 164 Å². The van der Waals surface area contributed by atoms with Gasteiger partial charge in [-0.05, 0) is 30.3 Å². The van der Waals surface area contributed by atoms with Crippen LogP contribution in [0.2, 0.25) is 5.02 Å². The van der Waals surface area contributed by atoms with E-state index in [9.17, 15) is 14.0 Å². The standard InChI is InChI=1S/C18H16ClFN6O2/c19-12-8-11(6-7-13(12)20)22-15(27)9-14-16(28)25-18(24-14)26-17(21)23-10-4-2-1-3-5-10/h1-8,14H,9H2,(H,22,27)(H4,21,23,24,25,26,28)/t14-/m0/s1. The molecule has 0 saturated heterocycles. The number of carbonyl (C=O) groups is 2. The summed E-state index contributed by atoms with van der Waals surface area (Å²) in [7, 11) is 0. The molecule has 3 rings (SSSR count). The summed E-state index contributed by atoms with van der Waals surface area (Å²) in [5, 5.41) is 7.73. The van der Waals surface area contributed by atoms with E-state index in [1.165, 1.54) is 12.1 Å². The van der Waals surface area contributed by atoms with Crippen LogP contribution in [-0.4, -0.2) is 29.8 Å². The molecule has 0 saturated carbocycles. The average molecular weight is 403 g/mol. The van der Waals surface area contributed by atoms with Gasteiger partial charge < -0.3 is 16.4 Å². The molecule has 2 aromatic carbocycles. The fraction of sp³-hybridized carbons (Fsp3) is 0.111. The second-order valence-electron chi connectivity index (χ2n) is 5.83. The molecule has 0 radical (unpaired) electrons. The van der Waals surface area contributed by atoms with E-state index in [4.69, 9.17) is 17.3 Å². The van der Waals surface area contributed by atoms with Gasteiger partial charge in [-0.2, -0.15) is 4.99 Å². The fourth-order valence-electron chi connectivity index (χ4n) is 2.40. The molecule has 0 aromatic heterocycles. The monoisotopic (exact) mass is 402 g/mol. The van der Waals surface area contributed by atoms with Gasteiger partial charge in [0.15, 0.2) is 0 Å². The summed E-state index contributed by atoms with van der Waals surface area (Å²) in [5.41, 5.74) is 6.83. The number of aliphatic imine (C=N–C) groups is 2. The number of nitrogens with zero attached hydrogens (tertiary/aromatic N) is 2. The minimum atomic E-state index is -0.945. The highest BCUT2D eigenvalue weighted by molar-refractivity contribution is 6.31. The van der Waals surface area contributed by atoms with Crippen molar-refractivity contribution in [1.82, 2.24) is 5.32 Å². The average Bonchev–Trinajstić information content (AvgIpc) is 2.97. The largest absolute Gasteiger partial charge is 0.369 e. The number of para-hydroxylation sites is 1. The highest BCUT2D eigenvalue weighted by Gasteiger charge is 2.28. The second-order valence-corrected chi connectivity index (χ2v) is 6.23. The SMILES string of the molecule is NC(=NC1=N[C@@H](CC(=O)Nc2ccc(F)c(Cl)c2)C(=O)N1)Nc1ccccc1. The zero-order valence-electron chi connectivity index (χ0n) is 14.4. The van der Waals surface area contributed by atoms with Crippen LogP contribution >= 0.6 is 11.6 Å². The number of nitrogens with two attached hydrogens (primary N) is 1. The van der Waals surface area contributed by atoms with E-state index in [1.807, 2.05) is 18.2 Å². The maximum absolute atomic E-state index is 13.2. The van der Waals surface area contributed by atoms with Crippen LogP contribution < -0.4 is 21.7 Å². The van der Waals surface area contributed by atoms with Crippen molar-refractivity contribution in [3.8, 4) is 0 Å². The maximum Gasteiger partial charge on any atom is 0.252 e. The number of hydrogen-bond donors (Lipinski definition) is 4. The molecule has 0 spiro atoms. The van der Waals surface area contributed by atoms with Crippen LogP contribution in [0.3, 0.4) is 0 Å². The van der Waals surface area contributed by atoms with Gasteiger partial charge in [0.1, 0.15) is 11.9 Å². The number of hydrogen-bond acceptors (Lipinski definition) is 4. The summed E-state index contributed by atoms with van der Waals surface area (Å²) in [4.78, 5) is 32.2. The molecule has 10 heteroatoms. The fourth-order valence-corrected chi connectivity index (χ4v) is 2.58. The summed E-state index contributed by atoms with van der Waals surface area (Å²) in [6, 6.07) is 11.9. The third-order valence-electron chi connectivity index (χ3n) is 3.67. The van der Waals surface area contributed by atoms with Gasteiger partial charge >= 0.3 is 0 Å². The normalized spacial score (nSPS) is 16.4. The van der Waals surface area contributed by atoms with Gasteiger partial charge in [-0.1, -0.05) is 29.8 Å². The predicted molar refractivity (Wildman–Crippen MR) is 106 cm³/mol. The molecule has 5 N–H and O–H groups in total. The van der Waals surface area contributed by atoms with Crippen molar-refractivity contribution in [3.63, 3.8) is 0 Å². The van der Waals surface area contributed by atoms with Gasteiger partial charge in [-0.3, -0.25) is 14.9 Å². The third-order valence-corrected chi connectivity index (χ3v) is 3.96. The first-order chi connectivity index (χ1) is 13.4. The lowest BCUT2D eigenvalue weighted by Gasteiger charge is -2.07. The van der Waals surface area contributed by atoms with E-state index >= 15 is 0 Å². The molecule has 1 heterocycles. The van der Waals surface area contributed by atoms with Crippen LogP contribution in [0, 0.1) is 5.82 Å². The Morgan fingerprint density at radius 2 is 1.96 bits per heavy atom. The van der Waals surface area contributed by atoms with E-state index in [1.54, 1.807) is 12.1 Å². The van der Waals surface area contributed by atoms with E-state index in [0.717, 1.165) is 11.8 Å². The summed E-state index contributed by atoms with van der Waals surface area (Å²) in [6.07, 6.45) is -0.216. The number of guanidine groups is 2. The second kappa shape index (κ2) is 8.49. The molecule has 2 amide bonds. The molecule has 0 unspecified atom stereocenters. The summed E-state index contributed by atoms with van der Waals surface area (Å²) >= 11 is 5.67. The van der Waals surface area contributed by atoms with Gasteiger partial charge in [-0.25, -0.2) is 9.38 Å². The lowest BCUT2D eigenvalue weighted by atomic mass is 10.2. The summed E-state index contributed by atoms with van der Waals surface area (Å²) in [5.74, 6) is -1.50. The smallest absolute Gasteiger partial charge is 0.252 e. The minimum absolute atomic E-state index is 0.00792. The highest BCUT2D eigenvalue weighted by Crippen LogP contribution is 2.20. The number of benzene rings is 2. The van der Waals surface area contributed by atoms with Crippen LogP contribution in [0.5, 0.6) is 0 Å². The first-order valence-electron chi connectivity index (χ1n) is 8.20. The quantitative estimate of drug-likeness (QED) is 0.462. The molecule has 0 fully saturated rings. The predicted octanol–water partition coefficient (Wildman–Crippen LogP) is 2.09. The maximum atomic E-state index is 13.2. The first-order valence-corrected chi connectivity index (χ1v) is 8.58. The Morgan fingerprint density at radius 1 is 1.21 bits per heavy atom. The van der Waals surface area contributed by atoms with Crippen LogP contribution in [0.4, 0.5) is 15.8 Å². The molecule has 1 aliphatic heterocycles. The number of amides is 2. The molecule has 144 valence electrons. The highest BCUT2D eigenvalue weighted by atomic mass is 35.5. The topological polar surface area (TPSA) is 121 Å². The van der Waals surface area contributed by atoms with Gasteiger partial charge in [0.25, 0.3) is 5.91 Å². The molecular weight excluding hydrogens is 387 g/mol. The number of anilines is 2. The lowest BCUT2D eigenvalue weighted by molar-refractivity contribution is -0.123. The Hall–Kier alpha value is -3.46. The molecule has 28 heavy (non-hydrogen) atoms. The molecule has 0 aliphatic carbocycles. The molecule has 1 aliphatic rings. The van der Waals surface area contributed by atoms with Crippen molar-refractivity contribution < 1.29 is 14.0 Å². The minimum Gasteiger partial charge on any atom is -0.369 e. The molecule has 1 atom stereocenters. The van der Waals surface area contributed by atoms with Crippen molar-refractivity contribution >= 4 is 46.7 Å². The first kappa shape index (κ1) is 19.3. The zero-order valence-corrected chi connectivity index (χ0v) is 15.2. The number of nitrogens with one attached hydrogen (secondary N) is 3. The number of rotatable bonds is 4. The van der Waals surface area contributed by atoms with Crippen LogP contribution in [0.15, 0.2) is 58.5 Å². The van der Waals surface area contributed by atoms with Crippen molar-refractivity contribution in [2.24, 2.45) is 15.7 Å².